The van der Waals surface area contributed by atoms with Gasteiger partial charge in [-0.25, -0.2) is 0 Å². The first-order valence-corrected chi connectivity index (χ1v) is 4.74. The monoisotopic (exact) mass is 203 g/mol. The second kappa shape index (κ2) is 4.25. The normalized spacial score (nSPS) is 43.4. The van der Waals surface area contributed by atoms with Crippen molar-refractivity contribution in [1.82, 2.24) is 5.32 Å². The number of aliphatic hydroxyl groups excluding tert-OH is 3. The molecule has 0 aromatic carbocycles. The van der Waals surface area contributed by atoms with Gasteiger partial charge in [0.05, 0.1) is 12.2 Å². The Labute approximate surface area is 82.7 Å². The molecule has 0 saturated heterocycles. The molecule has 0 aromatic heterocycles. The van der Waals surface area contributed by atoms with E-state index in [1.54, 1.807) is 6.92 Å². The third-order valence-corrected chi connectivity index (χ3v) is 2.80. The lowest BCUT2D eigenvalue weighted by Gasteiger charge is -2.39. The minimum atomic E-state index is -1.12. The Morgan fingerprint density at radius 1 is 1.29 bits per heavy atom. The third-order valence-electron chi connectivity index (χ3n) is 2.80. The highest BCUT2D eigenvalue weighted by Gasteiger charge is 2.40. The van der Waals surface area contributed by atoms with Crippen LogP contribution in [0.25, 0.3) is 0 Å². The van der Waals surface area contributed by atoms with Gasteiger partial charge < -0.3 is 20.6 Å². The van der Waals surface area contributed by atoms with Gasteiger partial charge >= 0.3 is 0 Å². The molecule has 1 fully saturated rings. The van der Waals surface area contributed by atoms with Gasteiger partial charge in [-0.1, -0.05) is 6.92 Å². The van der Waals surface area contributed by atoms with Gasteiger partial charge in [0.1, 0.15) is 6.10 Å². The number of hydrogen-bond donors (Lipinski definition) is 4. The van der Waals surface area contributed by atoms with Crippen LogP contribution in [-0.4, -0.2) is 45.6 Å². The van der Waals surface area contributed by atoms with Gasteiger partial charge in [-0.2, -0.15) is 0 Å². The van der Waals surface area contributed by atoms with E-state index in [-0.39, 0.29) is 24.3 Å². The minimum absolute atomic E-state index is 0.197. The quantitative estimate of drug-likeness (QED) is 0.422. The van der Waals surface area contributed by atoms with Crippen molar-refractivity contribution in [2.75, 3.05) is 0 Å². The van der Waals surface area contributed by atoms with E-state index in [2.05, 4.69) is 5.32 Å². The van der Waals surface area contributed by atoms with E-state index < -0.39 is 18.3 Å². The van der Waals surface area contributed by atoms with Crippen molar-refractivity contribution in [1.29, 1.82) is 0 Å². The third kappa shape index (κ3) is 2.23. The largest absolute Gasteiger partial charge is 0.390 e. The van der Waals surface area contributed by atoms with E-state index in [1.807, 2.05) is 0 Å². The fourth-order valence-corrected chi connectivity index (χ4v) is 1.84. The van der Waals surface area contributed by atoms with Crippen molar-refractivity contribution in [2.24, 2.45) is 5.92 Å². The van der Waals surface area contributed by atoms with E-state index in [4.69, 9.17) is 0 Å². The zero-order chi connectivity index (χ0) is 10.9. The minimum Gasteiger partial charge on any atom is -0.390 e. The Hall–Kier alpha value is -0.650. The Morgan fingerprint density at radius 3 is 2.36 bits per heavy atom. The first-order valence-electron chi connectivity index (χ1n) is 4.74. The van der Waals surface area contributed by atoms with E-state index in [9.17, 15) is 20.1 Å². The van der Waals surface area contributed by atoms with E-state index in [1.165, 1.54) is 6.92 Å². The van der Waals surface area contributed by atoms with Gasteiger partial charge in [0, 0.05) is 18.9 Å². The summed E-state index contributed by atoms with van der Waals surface area (Å²) in [4.78, 5) is 10.8. The molecule has 1 saturated carbocycles. The van der Waals surface area contributed by atoms with Crippen LogP contribution >= 0.6 is 0 Å². The van der Waals surface area contributed by atoms with Gasteiger partial charge in [-0.05, 0) is 6.42 Å². The molecule has 0 bridgehead atoms. The molecular formula is C9H17NO4. The molecule has 0 radical (unpaired) electrons. The zero-order valence-electron chi connectivity index (χ0n) is 8.34. The Morgan fingerprint density at radius 2 is 1.86 bits per heavy atom. The summed E-state index contributed by atoms with van der Waals surface area (Å²) in [7, 11) is 0. The molecule has 1 amide bonds. The first-order chi connectivity index (χ1) is 6.43. The molecule has 1 aliphatic carbocycles. The van der Waals surface area contributed by atoms with Gasteiger partial charge in [-0.15, -0.1) is 0 Å². The average molecular weight is 203 g/mol. The molecule has 0 spiro atoms. The van der Waals surface area contributed by atoms with Crippen LogP contribution in [0.2, 0.25) is 0 Å². The van der Waals surface area contributed by atoms with Gasteiger partial charge in [-0.3, -0.25) is 4.79 Å². The second-order valence-electron chi connectivity index (χ2n) is 3.95. The lowest BCUT2D eigenvalue weighted by atomic mass is 9.80. The summed E-state index contributed by atoms with van der Waals surface area (Å²) in [6.45, 7) is 3.12. The van der Waals surface area contributed by atoms with Crippen LogP contribution in [-0.2, 0) is 4.79 Å². The summed E-state index contributed by atoms with van der Waals surface area (Å²) in [6, 6.07) is -0.277. The summed E-state index contributed by atoms with van der Waals surface area (Å²) >= 11 is 0. The lowest BCUT2D eigenvalue weighted by Crippen LogP contribution is -2.56. The van der Waals surface area contributed by atoms with Crippen molar-refractivity contribution >= 4 is 5.91 Å². The summed E-state index contributed by atoms with van der Waals surface area (Å²) in [5, 5.41) is 30.9. The molecule has 0 aliphatic heterocycles. The molecule has 0 aromatic rings. The number of amides is 1. The fourth-order valence-electron chi connectivity index (χ4n) is 1.84. The van der Waals surface area contributed by atoms with E-state index in [0.29, 0.717) is 0 Å². The van der Waals surface area contributed by atoms with Crippen LogP contribution in [0.5, 0.6) is 0 Å². The van der Waals surface area contributed by atoms with Gasteiger partial charge in [0.25, 0.3) is 0 Å². The van der Waals surface area contributed by atoms with Crippen molar-refractivity contribution in [2.45, 2.75) is 44.6 Å². The summed E-state index contributed by atoms with van der Waals surface area (Å²) in [5.74, 6) is -0.449. The van der Waals surface area contributed by atoms with Crippen LogP contribution in [0.1, 0.15) is 20.3 Å². The predicted octanol–water partition coefficient (Wildman–Crippen LogP) is -1.39. The number of nitrogens with one attached hydrogen (secondary N) is 1. The number of carbonyl (C=O) groups is 1. The topological polar surface area (TPSA) is 89.8 Å². The van der Waals surface area contributed by atoms with Crippen molar-refractivity contribution in [3.05, 3.63) is 0 Å². The number of hydrogen-bond acceptors (Lipinski definition) is 4. The number of carbonyl (C=O) groups excluding carboxylic acids is 1. The first kappa shape index (κ1) is 11.4. The van der Waals surface area contributed by atoms with Crippen LogP contribution < -0.4 is 5.32 Å². The van der Waals surface area contributed by atoms with Gasteiger partial charge in [0.15, 0.2) is 0 Å². The van der Waals surface area contributed by atoms with E-state index >= 15 is 0 Å². The number of aliphatic hydroxyl groups is 3. The standard InChI is InChI=1S/C9H17NO4/c1-4-6(10-5(2)11)3-7(12)9(14)8(4)13/h4,6-9,12-14H,3H2,1-2H3,(H,10,11)/t4-,6+,7-,8-,9+/m1/s1. The maximum Gasteiger partial charge on any atom is 0.217 e. The number of rotatable bonds is 1. The van der Waals surface area contributed by atoms with Crippen LogP contribution in [0.15, 0.2) is 0 Å². The molecule has 14 heavy (non-hydrogen) atoms. The van der Waals surface area contributed by atoms with Crippen LogP contribution in [0.3, 0.4) is 0 Å². The molecule has 1 aliphatic rings. The van der Waals surface area contributed by atoms with E-state index in [0.717, 1.165) is 0 Å². The van der Waals surface area contributed by atoms with Gasteiger partial charge in [0.2, 0.25) is 5.91 Å². The SMILES string of the molecule is CC(=O)N[C@H]1C[C@@H](O)[C@H](O)[C@H](O)[C@@H]1C. The predicted molar refractivity (Wildman–Crippen MR) is 49.4 cm³/mol. The fraction of sp³-hybridized carbons (Fsp3) is 0.889. The highest BCUT2D eigenvalue weighted by molar-refractivity contribution is 5.73. The zero-order valence-corrected chi connectivity index (χ0v) is 8.34. The maximum absolute atomic E-state index is 10.8. The Bertz CT molecular complexity index is 221. The highest BCUT2D eigenvalue weighted by Crippen LogP contribution is 2.25. The Balaban J connectivity index is 2.65. The van der Waals surface area contributed by atoms with Crippen molar-refractivity contribution < 1.29 is 20.1 Å². The molecule has 0 unspecified atom stereocenters. The smallest absolute Gasteiger partial charge is 0.217 e. The average Bonchev–Trinajstić information content (AvgIpc) is 2.10. The summed E-state index contributed by atoms with van der Waals surface area (Å²) in [5.41, 5.74) is 0. The van der Waals surface area contributed by atoms with Crippen LogP contribution in [0, 0.1) is 5.92 Å². The Kier molecular flexibility index (Phi) is 3.47. The molecular weight excluding hydrogens is 186 g/mol. The molecule has 1 rings (SSSR count). The second-order valence-corrected chi connectivity index (χ2v) is 3.95. The molecule has 5 heteroatoms. The molecule has 5 atom stereocenters. The molecule has 0 heterocycles. The van der Waals surface area contributed by atoms with Crippen LogP contribution in [0.4, 0.5) is 0 Å². The summed E-state index contributed by atoms with van der Waals surface area (Å²) in [6.07, 6.45) is -2.80. The maximum atomic E-state index is 10.8. The van der Waals surface area contributed by atoms with Crippen molar-refractivity contribution in [3.8, 4) is 0 Å². The summed E-state index contributed by atoms with van der Waals surface area (Å²) < 4.78 is 0. The van der Waals surface area contributed by atoms with Crippen molar-refractivity contribution in [3.63, 3.8) is 0 Å². The molecule has 82 valence electrons. The highest BCUT2D eigenvalue weighted by atomic mass is 16.4. The lowest BCUT2D eigenvalue weighted by molar-refractivity contribution is -0.130. The molecule has 4 N–H and O–H groups in total. The molecule has 5 nitrogen and oxygen atoms in total.